The Morgan fingerprint density at radius 2 is 2.10 bits per heavy atom. The molecule has 1 aromatic rings. The number of rotatable bonds is 4. The molecule has 0 saturated heterocycles. The second-order valence-electron chi connectivity index (χ2n) is 5.14. The Morgan fingerprint density at radius 1 is 1.48 bits per heavy atom. The molecule has 0 aliphatic heterocycles. The normalized spacial score (nSPS) is 10.9. The number of nitrogens with zero attached hydrogens (tertiary/aromatic N) is 1. The lowest BCUT2D eigenvalue weighted by Crippen LogP contribution is -2.27. The zero-order chi connectivity index (χ0) is 16.2. The molecule has 1 rings (SSSR count). The van der Waals surface area contributed by atoms with E-state index in [2.05, 4.69) is 5.32 Å². The van der Waals surface area contributed by atoms with Crippen molar-refractivity contribution in [2.24, 2.45) is 0 Å². The van der Waals surface area contributed by atoms with Gasteiger partial charge in [-0.1, -0.05) is 0 Å². The first-order chi connectivity index (χ1) is 9.67. The number of nitro benzene ring substituents is 1. The summed E-state index contributed by atoms with van der Waals surface area (Å²) in [6.07, 6.45) is 1.97. The molecule has 0 radical (unpaired) electrons. The molecule has 0 saturated carbocycles. The first-order valence-corrected chi connectivity index (χ1v) is 7.27. The van der Waals surface area contributed by atoms with Crippen molar-refractivity contribution in [3.63, 3.8) is 0 Å². The fourth-order valence-electron chi connectivity index (χ4n) is 1.53. The van der Waals surface area contributed by atoms with Gasteiger partial charge in [0.1, 0.15) is 5.60 Å². The van der Waals surface area contributed by atoms with E-state index in [9.17, 15) is 14.9 Å². The first-order valence-electron chi connectivity index (χ1n) is 6.05. The third-order valence-corrected chi connectivity index (χ3v) is 3.11. The third kappa shape index (κ3) is 4.75. The maximum absolute atomic E-state index is 11.8. The molecule has 0 spiro atoms. The molecule has 7 nitrogen and oxygen atoms in total. The summed E-state index contributed by atoms with van der Waals surface area (Å²) in [5, 5.41) is 20.8. The van der Waals surface area contributed by atoms with Crippen LogP contribution < -0.4 is 5.32 Å². The number of amides is 1. The predicted octanol–water partition coefficient (Wildman–Crippen LogP) is 3.66. The molecular formula is C13H17N3O4S. The molecule has 0 bridgehead atoms. The zero-order valence-corrected chi connectivity index (χ0v) is 13.0. The minimum atomic E-state index is -0.675. The Labute approximate surface area is 126 Å². The van der Waals surface area contributed by atoms with Gasteiger partial charge >= 0.3 is 6.09 Å². The standard InChI is InChI=1S/C13H17N3O4S/c1-13(2,3)20-12(17)15-9-6-11(21-4)10(16(18)19)5-8(9)7-14/h5-7,14H,1-4H3,(H,15,17). The molecule has 1 amide bonds. The first kappa shape index (κ1) is 17.0. The fraction of sp³-hybridized carbons (Fsp3) is 0.385. The minimum absolute atomic E-state index is 0.101. The van der Waals surface area contributed by atoms with Gasteiger partial charge in [-0.2, -0.15) is 0 Å². The van der Waals surface area contributed by atoms with E-state index < -0.39 is 16.6 Å². The van der Waals surface area contributed by atoms with Gasteiger partial charge in [0.2, 0.25) is 0 Å². The highest BCUT2D eigenvalue weighted by Crippen LogP contribution is 2.32. The number of carbonyl (C=O) groups excluding carboxylic acids is 1. The summed E-state index contributed by atoms with van der Waals surface area (Å²) < 4.78 is 5.13. The third-order valence-electron chi connectivity index (χ3n) is 2.34. The average Bonchev–Trinajstić information content (AvgIpc) is 2.35. The topological polar surface area (TPSA) is 105 Å². The Morgan fingerprint density at radius 3 is 2.52 bits per heavy atom. The SMILES string of the molecule is CSc1cc(NC(=O)OC(C)(C)C)c(C=N)cc1[N+](=O)[O-]. The molecular weight excluding hydrogens is 294 g/mol. The lowest BCUT2D eigenvalue weighted by Gasteiger charge is -2.20. The smallest absolute Gasteiger partial charge is 0.412 e. The minimum Gasteiger partial charge on any atom is -0.444 e. The summed E-state index contributed by atoms with van der Waals surface area (Å²) in [4.78, 5) is 22.6. The summed E-state index contributed by atoms with van der Waals surface area (Å²) in [7, 11) is 0. The Bertz CT molecular complexity index is 582. The number of carbonyl (C=O) groups is 1. The van der Waals surface area contributed by atoms with E-state index in [1.807, 2.05) is 0 Å². The van der Waals surface area contributed by atoms with Crippen LogP contribution in [-0.2, 0) is 4.74 Å². The van der Waals surface area contributed by atoms with Crippen LogP contribution in [-0.4, -0.2) is 29.1 Å². The number of hydrogen-bond donors (Lipinski definition) is 2. The van der Waals surface area contributed by atoms with Crippen molar-refractivity contribution < 1.29 is 14.5 Å². The molecule has 8 heteroatoms. The van der Waals surface area contributed by atoms with Gasteiger partial charge in [0.15, 0.2) is 0 Å². The number of nitrogens with one attached hydrogen (secondary N) is 2. The number of hydrogen-bond acceptors (Lipinski definition) is 6. The lowest BCUT2D eigenvalue weighted by molar-refractivity contribution is -0.387. The van der Waals surface area contributed by atoms with Crippen LogP contribution in [0.15, 0.2) is 17.0 Å². The van der Waals surface area contributed by atoms with Gasteiger partial charge in [0, 0.05) is 17.8 Å². The van der Waals surface area contributed by atoms with Gasteiger partial charge in [-0.3, -0.25) is 15.4 Å². The molecule has 0 atom stereocenters. The van der Waals surface area contributed by atoms with Crippen molar-refractivity contribution >= 4 is 35.4 Å². The van der Waals surface area contributed by atoms with Gasteiger partial charge in [-0.15, -0.1) is 11.8 Å². The fourth-order valence-corrected chi connectivity index (χ4v) is 2.11. The molecule has 0 aliphatic carbocycles. The second kappa shape index (κ2) is 6.57. The van der Waals surface area contributed by atoms with Gasteiger partial charge < -0.3 is 10.1 Å². The second-order valence-corrected chi connectivity index (χ2v) is 5.99. The number of ether oxygens (including phenoxy) is 1. The van der Waals surface area contributed by atoms with E-state index in [0.717, 1.165) is 6.21 Å². The summed E-state index contributed by atoms with van der Waals surface area (Å²) in [6, 6.07) is 2.72. The summed E-state index contributed by atoms with van der Waals surface area (Å²) in [5.41, 5.74) is -0.215. The Hall–Kier alpha value is -2.09. The Kier molecular flexibility index (Phi) is 5.31. The van der Waals surface area contributed by atoms with Gasteiger partial charge in [0.05, 0.1) is 15.5 Å². The molecule has 114 valence electrons. The van der Waals surface area contributed by atoms with Crippen LogP contribution in [0.5, 0.6) is 0 Å². The maximum Gasteiger partial charge on any atom is 0.412 e. The van der Waals surface area contributed by atoms with Gasteiger partial charge in [-0.25, -0.2) is 4.79 Å². The van der Waals surface area contributed by atoms with E-state index in [1.54, 1.807) is 27.0 Å². The van der Waals surface area contributed by atoms with E-state index in [1.165, 1.54) is 23.9 Å². The van der Waals surface area contributed by atoms with Crippen LogP contribution in [0.2, 0.25) is 0 Å². The molecule has 0 fully saturated rings. The zero-order valence-electron chi connectivity index (χ0n) is 12.2. The van der Waals surface area contributed by atoms with Crippen LogP contribution in [0, 0.1) is 15.5 Å². The van der Waals surface area contributed by atoms with Crippen LogP contribution in [0.25, 0.3) is 0 Å². The van der Waals surface area contributed by atoms with Crippen molar-refractivity contribution in [1.29, 1.82) is 5.41 Å². The molecule has 1 aromatic carbocycles. The number of nitro groups is 1. The van der Waals surface area contributed by atoms with E-state index in [4.69, 9.17) is 10.1 Å². The maximum atomic E-state index is 11.8. The van der Waals surface area contributed by atoms with Gasteiger partial charge in [0.25, 0.3) is 5.69 Å². The highest BCUT2D eigenvalue weighted by Gasteiger charge is 2.20. The lowest BCUT2D eigenvalue weighted by atomic mass is 10.1. The molecule has 0 aromatic heterocycles. The summed E-state index contributed by atoms with van der Waals surface area (Å²) in [5.74, 6) is 0. The number of thioether (sulfide) groups is 1. The Balaban J connectivity index is 3.15. The quantitative estimate of drug-likeness (QED) is 0.382. The van der Waals surface area contributed by atoms with Crippen molar-refractivity contribution in [2.75, 3.05) is 11.6 Å². The largest absolute Gasteiger partial charge is 0.444 e. The average molecular weight is 311 g/mol. The number of anilines is 1. The molecule has 2 N–H and O–H groups in total. The van der Waals surface area contributed by atoms with Crippen molar-refractivity contribution in [3.05, 3.63) is 27.8 Å². The van der Waals surface area contributed by atoms with Crippen molar-refractivity contribution in [1.82, 2.24) is 0 Å². The summed E-state index contributed by atoms with van der Waals surface area (Å²) >= 11 is 1.19. The van der Waals surface area contributed by atoms with Crippen LogP contribution in [0.4, 0.5) is 16.2 Å². The summed E-state index contributed by atoms with van der Waals surface area (Å²) in [6.45, 7) is 5.19. The van der Waals surface area contributed by atoms with E-state index in [0.29, 0.717) is 10.6 Å². The van der Waals surface area contributed by atoms with Crippen LogP contribution in [0.3, 0.4) is 0 Å². The van der Waals surface area contributed by atoms with Crippen LogP contribution >= 0.6 is 11.8 Å². The molecule has 0 aliphatic rings. The van der Waals surface area contributed by atoms with E-state index in [-0.39, 0.29) is 11.3 Å². The highest BCUT2D eigenvalue weighted by molar-refractivity contribution is 7.98. The predicted molar refractivity (Wildman–Crippen MR) is 82.6 cm³/mol. The van der Waals surface area contributed by atoms with E-state index >= 15 is 0 Å². The molecule has 21 heavy (non-hydrogen) atoms. The number of benzene rings is 1. The monoisotopic (exact) mass is 311 g/mol. The van der Waals surface area contributed by atoms with Gasteiger partial charge in [-0.05, 0) is 33.1 Å². The van der Waals surface area contributed by atoms with Crippen molar-refractivity contribution in [3.8, 4) is 0 Å². The van der Waals surface area contributed by atoms with Crippen LogP contribution in [0.1, 0.15) is 26.3 Å². The molecule has 0 unspecified atom stereocenters. The van der Waals surface area contributed by atoms with Crippen molar-refractivity contribution in [2.45, 2.75) is 31.3 Å². The molecule has 0 heterocycles. The highest BCUT2D eigenvalue weighted by atomic mass is 32.2.